The molecule has 1 N–H and O–H groups in total. The quantitative estimate of drug-likeness (QED) is 0.730. The third-order valence-corrected chi connectivity index (χ3v) is 1.82. The number of carboxylic acids is 1. The van der Waals surface area contributed by atoms with E-state index in [0.29, 0.717) is 19.0 Å². The van der Waals surface area contributed by atoms with E-state index < -0.39 is 11.9 Å². The highest BCUT2D eigenvalue weighted by Gasteiger charge is 2.14. The van der Waals surface area contributed by atoms with Gasteiger partial charge in [-0.3, -0.25) is 9.69 Å². The molecule has 0 radical (unpaired) electrons. The Kier molecular flexibility index (Phi) is 3.58. The van der Waals surface area contributed by atoms with Gasteiger partial charge in [0.15, 0.2) is 6.33 Å². The van der Waals surface area contributed by atoms with Crippen LogP contribution < -0.4 is 0 Å². The van der Waals surface area contributed by atoms with Crippen molar-refractivity contribution in [3.05, 3.63) is 12.2 Å². The minimum Gasteiger partial charge on any atom is -0.481 e. The number of carbonyl (C=O) groups is 1. The lowest BCUT2D eigenvalue weighted by molar-refractivity contribution is -0.141. The zero-order valence-corrected chi connectivity index (χ0v) is 8.17. The highest BCUT2D eigenvalue weighted by Crippen LogP contribution is 2.02. The molecular formula is C8H13N3O3. The Morgan fingerprint density at radius 1 is 1.79 bits per heavy atom. The van der Waals surface area contributed by atoms with E-state index in [1.165, 1.54) is 6.33 Å². The summed E-state index contributed by atoms with van der Waals surface area (Å²) in [6.45, 7) is 2.59. The fourth-order valence-corrected chi connectivity index (χ4v) is 1.11. The zero-order valence-electron chi connectivity index (χ0n) is 8.17. The number of hydrogen-bond donors (Lipinski definition) is 1. The van der Waals surface area contributed by atoms with Gasteiger partial charge >= 0.3 is 5.97 Å². The van der Waals surface area contributed by atoms with E-state index in [4.69, 9.17) is 9.63 Å². The number of aromatic nitrogens is 2. The summed E-state index contributed by atoms with van der Waals surface area (Å²) in [5, 5.41) is 12.1. The van der Waals surface area contributed by atoms with Crippen molar-refractivity contribution in [2.24, 2.45) is 5.92 Å². The van der Waals surface area contributed by atoms with Crippen LogP contribution in [0.4, 0.5) is 0 Å². The van der Waals surface area contributed by atoms with Crippen LogP contribution in [0.3, 0.4) is 0 Å². The maximum absolute atomic E-state index is 10.6. The first-order valence-electron chi connectivity index (χ1n) is 4.26. The van der Waals surface area contributed by atoms with Crippen molar-refractivity contribution >= 4 is 5.97 Å². The normalized spacial score (nSPS) is 13.1. The average Bonchev–Trinajstić information content (AvgIpc) is 2.56. The summed E-state index contributed by atoms with van der Waals surface area (Å²) in [6, 6.07) is 0. The van der Waals surface area contributed by atoms with Gasteiger partial charge in [-0.25, -0.2) is 0 Å². The molecule has 0 aliphatic carbocycles. The molecule has 6 heteroatoms. The third kappa shape index (κ3) is 3.14. The summed E-state index contributed by atoms with van der Waals surface area (Å²) in [4.78, 5) is 16.2. The standard InChI is InChI=1S/C8H13N3O3/c1-6(8(12)13)3-11(2)4-7-9-5-10-14-7/h5-6H,3-4H2,1-2H3,(H,12,13). The molecule has 78 valence electrons. The SMILES string of the molecule is CC(CN(C)Cc1ncno1)C(=O)O. The summed E-state index contributed by atoms with van der Waals surface area (Å²) in [7, 11) is 1.81. The van der Waals surface area contributed by atoms with Crippen molar-refractivity contribution in [3.8, 4) is 0 Å². The Hall–Kier alpha value is -1.43. The van der Waals surface area contributed by atoms with Gasteiger partial charge in [0.05, 0.1) is 12.5 Å². The number of aliphatic carboxylic acids is 1. The van der Waals surface area contributed by atoms with Crippen LogP contribution in [-0.4, -0.2) is 39.7 Å². The Labute approximate surface area is 81.5 Å². The van der Waals surface area contributed by atoms with E-state index in [-0.39, 0.29) is 0 Å². The topological polar surface area (TPSA) is 79.5 Å². The molecule has 0 saturated carbocycles. The predicted octanol–water partition coefficient (Wildman–Crippen LogP) is 0.222. The first-order chi connectivity index (χ1) is 6.59. The molecule has 0 aliphatic rings. The van der Waals surface area contributed by atoms with Gasteiger partial charge < -0.3 is 9.63 Å². The van der Waals surface area contributed by atoms with Crippen molar-refractivity contribution < 1.29 is 14.4 Å². The second kappa shape index (κ2) is 4.71. The van der Waals surface area contributed by atoms with Crippen LogP contribution >= 0.6 is 0 Å². The largest absolute Gasteiger partial charge is 0.481 e. The van der Waals surface area contributed by atoms with Crippen molar-refractivity contribution in [3.63, 3.8) is 0 Å². The van der Waals surface area contributed by atoms with Gasteiger partial charge in [0.25, 0.3) is 0 Å². The molecule has 1 aromatic heterocycles. The van der Waals surface area contributed by atoms with Crippen LogP contribution in [0.5, 0.6) is 0 Å². The Balaban J connectivity index is 2.36. The molecule has 14 heavy (non-hydrogen) atoms. The third-order valence-electron chi connectivity index (χ3n) is 1.82. The first kappa shape index (κ1) is 10.6. The lowest BCUT2D eigenvalue weighted by atomic mass is 10.2. The van der Waals surface area contributed by atoms with Gasteiger partial charge in [-0.1, -0.05) is 12.1 Å². The predicted molar refractivity (Wildman–Crippen MR) is 47.4 cm³/mol. The van der Waals surface area contributed by atoms with E-state index in [9.17, 15) is 4.79 Å². The van der Waals surface area contributed by atoms with Crippen LogP contribution in [0.25, 0.3) is 0 Å². The van der Waals surface area contributed by atoms with E-state index in [1.54, 1.807) is 6.92 Å². The zero-order chi connectivity index (χ0) is 10.6. The maximum Gasteiger partial charge on any atom is 0.307 e. The average molecular weight is 199 g/mol. The molecule has 0 spiro atoms. The Morgan fingerprint density at radius 2 is 2.50 bits per heavy atom. The smallest absolute Gasteiger partial charge is 0.307 e. The van der Waals surface area contributed by atoms with Gasteiger partial charge in [0, 0.05) is 6.54 Å². The molecule has 1 atom stereocenters. The molecule has 0 bridgehead atoms. The van der Waals surface area contributed by atoms with Crippen LogP contribution in [0.2, 0.25) is 0 Å². The molecule has 1 unspecified atom stereocenters. The minimum atomic E-state index is -0.803. The number of hydrogen-bond acceptors (Lipinski definition) is 5. The molecule has 1 rings (SSSR count). The monoisotopic (exact) mass is 199 g/mol. The van der Waals surface area contributed by atoms with E-state index in [1.807, 2.05) is 11.9 Å². The lowest BCUT2D eigenvalue weighted by Gasteiger charge is -2.16. The minimum absolute atomic E-state index is 0.400. The van der Waals surface area contributed by atoms with Gasteiger partial charge in [0.2, 0.25) is 5.89 Å². The van der Waals surface area contributed by atoms with E-state index in [2.05, 4.69) is 10.1 Å². The number of carboxylic acid groups (broad SMARTS) is 1. The highest BCUT2D eigenvalue weighted by atomic mass is 16.5. The summed E-state index contributed by atoms with van der Waals surface area (Å²) in [5.41, 5.74) is 0. The van der Waals surface area contributed by atoms with Gasteiger partial charge in [-0.15, -0.1) is 0 Å². The molecule has 0 amide bonds. The Bertz CT molecular complexity index is 286. The first-order valence-corrected chi connectivity index (χ1v) is 4.26. The van der Waals surface area contributed by atoms with E-state index >= 15 is 0 Å². The molecule has 1 aromatic rings. The molecule has 6 nitrogen and oxygen atoms in total. The maximum atomic E-state index is 10.6. The fourth-order valence-electron chi connectivity index (χ4n) is 1.11. The molecule has 0 aliphatic heterocycles. The Morgan fingerprint density at radius 3 is 3.00 bits per heavy atom. The van der Waals surface area contributed by atoms with Crippen molar-refractivity contribution in [2.45, 2.75) is 13.5 Å². The van der Waals surface area contributed by atoms with E-state index in [0.717, 1.165) is 0 Å². The summed E-state index contributed by atoms with van der Waals surface area (Å²) in [5.74, 6) is -0.713. The van der Waals surface area contributed by atoms with Crippen LogP contribution in [0.1, 0.15) is 12.8 Å². The summed E-state index contributed by atoms with van der Waals surface area (Å²) < 4.78 is 4.80. The number of nitrogens with zero attached hydrogens (tertiary/aromatic N) is 3. The van der Waals surface area contributed by atoms with Crippen LogP contribution in [0.15, 0.2) is 10.9 Å². The second-order valence-corrected chi connectivity index (χ2v) is 3.27. The highest BCUT2D eigenvalue weighted by molar-refractivity contribution is 5.69. The molecule has 1 heterocycles. The molecule has 0 aromatic carbocycles. The van der Waals surface area contributed by atoms with Gasteiger partial charge in [0.1, 0.15) is 0 Å². The second-order valence-electron chi connectivity index (χ2n) is 3.27. The van der Waals surface area contributed by atoms with Crippen molar-refractivity contribution in [1.29, 1.82) is 0 Å². The molecule has 0 saturated heterocycles. The van der Waals surface area contributed by atoms with Crippen molar-refractivity contribution in [2.75, 3.05) is 13.6 Å². The summed E-state index contributed by atoms with van der Waals surface area (Å²) >= 11 is 0. The molecular weight excluding hydrogens is 186 g/mol. The van der Waals surface area contributed by atoms with Crippen molar-refractivity contribution in [1.82, 2.24) is 15.0 Å². The fraction of sp³-hybridized carbons (Fsp3) is 0.625. The number of rotatable bonds is 5. The summed E-state index contributed by atoms with van der Waals surface area (Å²) in [6.07, 6.45) is 1.32. The lowest BCUT2D eigenvalue weighted by Crippen LogP contribution is -2.28. The van der Waals surface area contributed by atoms with Gasteiger partial charge in [-0.2, -0.15) is 4.98 Å². The van der Waals surface area contributed by atoms with Gasteiger partial charge in [-0.05, 0) is 7.05 Å². The van der Waals surface area contributed by atoms with Crippen LogP contribution in [0, 0.1) is 5.92 Å². The van der Waals surface area contributed by atoms with Crippen LogP contribution in [-0.2, 0) is 11.3 Å². The molecule has 0 fully saturated rings.